The summed E-state index contributed by atoms with van der Waals surface area (Å²) < 4.78 is 10.4. The lowest BCUT2D eigenvalue weighted by molar-refractivity contribution is 0.298. The van der Waals surface area contributed by atoms with Gasteiger partial charge in [0.25, 0.3) is 0 Å². The minimum atomic E-state index is 0.142. The van der Waals surface area contributed by atoms with Crippen LogP contribution in [0.5, 0.6) is 11.5 Å². The Morgan fingerprint density at radius 3 is 2.27 bits per heavy atom. The summed E-state index contributed by atoms with van der Waals surface area (Å²) in [6, 6.07) is 3.86. The zero-order chi connectivity index (χ0) is 11.3. The van der Waals surface area contributed by atoms with Gasteiger partial charge in [0.1, 0.15) is 0 Å². The lowest BCUT2D eigenvalue weighted by Gasteiger charge is -2.12. The fourth-order valence-corrected chi connectivity index (χ4v) is 2.06. The van der Waals surface area contributed by atoms with E-state index in [0.29, 0.717) is 12.2 Å². The van der Waals surface area contributed by atoms with Crippen LogP contribution in [0.2, 0.25) is 0 Å². The summed E-state index contributed by atoms with van der Waals surface area (Å²) in [4.78, 5) is 1.11. The van der Waals surface area contributed by atoms with Crippen LogP contribution >= 0.6 is 11.8 Å². The van der Waals surface area contributed by atoms with Crippen LogP contribution in [0.4, 0.5) is 0 Å². The molecule has 0 amide bonds. The molecule has 3 nitrogen and oxygen atoms in total. The monoisotopic (exact) mass is 228 g/mol. The zero-order valence-corrected chi connectivity index (χ0v) is 10.1. The molecule has 0 atom stereocenters. The fraction of sp³-hybridized carbons (Fsp3) is 0.455. The van der Waals surface area contributed by atoms with E-state index in [2.05, 4.69) is 0 Å². The van der Waals surface area contributed by atoms with Gasteiger partial charge in [0.15, 0.2) is 11.5 Å². The van der Waals surface area contributed by atoms with Gasteiger partial charge in [-0.05, 0) is 30.4 Å². The molecule has 1 aromatic rings. The van der Waals surface area contributed by atoms with Crippen molar-refractivity contribution in [2.75, 3.05) is 27.1 Å². The first kappa shape index (κ1) is 12.2. The van der Waals surface area contributed by atoms with Gasteiger partial charge in [-0.25, -0.2) is 0 Å². The Labute approximate surface area is 94.4 Å². The molecule has 1 aromatic carbocycles. The average Bonchev–Trinajstić information content (AvgIpc) is 2.28. The predicted molar refractivity (Wildman–Crippen MR) is 62.1 cm³/mol. The van der Waals surface area contributed by atoms with E-state index in [1.54, 1.807) is 26.0 Å². The van der Waals surface area contributed by atoms with Crippen LogP contribution in [-0.4, -0.2) is 32.2 Å². The van der Waals surface area contributed by atoms with Crippen molar-refractivity contribution in [3.8, 4) is 11.5 Å². The number of ether oxygens (including phenoxy) is 2. The molecular formula is C11H16O3S. The van der Waals surface area contributed by atoms with Crippen molar-refractivity contribution >= 4 is 11.8 Å². The van der Waals surface area contributed by atoms with Crippen molar-refractivity contribution in [1.82, 2.24) is 0 Å². The van der Waals surface area contributed by atoms with Crippen LogP contribution < -0.4 is 9.47 Å². The third-order valence-corrected chi connectivity index (χ3v) is 2.99. The summed E-state index contributed by atoms with van der Waals surface area (Å²) >= 11 is 1.64. The van der Waals surface area contributed by atoms with Crippen LogP contribution in [0.1, 0.15) is 5.56 Å². The molecule has 1 N–H and O–H groups in total. The van der Waals surface area contributed by atoms with Crippen molar-refractivity contribution in [1.29, 1.82) is 0 Å². The first-order valence-corrected chi connectivity index (χ1v) is 5.89. The summed E-state index contributed by atoms with van der Waals surface area (Å²) in [6.07, 6.45) is 2.64. The Hall–Kier alpha value is -0.870. The maximum atomic E-state index is 8.95. The van der Waals surface area contributed by atoms with Gasteiger partial charge in [0.05, 0.1) is 14.2 Å². The molecule has 0 aliphatic rings. The lowest BCUT2D eigenvalue weighted by atomic mass is 10.1. The van der Waals surface area contributed by atoms with Gasteiger partial charge in [0.2, 0.25) is 0 Å². The fourth-order valence-electron chi connectivity index (χ4n) is 1.41. The molecule has 0 bridgehead atoms. The molecule has 0 aliphatic carbocycles. The third kappa shape index (κ3) is 2.79. The van der Waals surface area contributed by atoms with E-state index in [0.717, 1.165) is 16.2 Å². The molecule has 0 radical (unpaired) electrons. The highest BCUT2D eigenvalue weighted by atomic mass is 32.2. The van der Waals surface area contributed by atoms with E-state index in [9.17, 15) is 0 Å². The van der Waals surface area contributed by atoms with Crippen LogP contribution in [-0.2, 0) is 6.42 Å². The summed E-state index contributed by atoms with van der Waals surface area (Å²) in [7, 11) is 3.23. The van der Waals surface area contributed by atoms with Gasteiger partial charge in [-0.3, -0.25) is 0 Å². The second kappa shape index (κ2) is 5.88. The highest BCUT2D eigenvalue weighted by molar-refractivity contribution is 7.98. The summed E-state index contributed by atoms with van der Waals surface area (Å²) in [5.74, 6) is 1.43. The first-order chi connectivity index (χ1) is 7.26. The van der Waals surface area contributed by atoms with Crippen LogP contribution in [0.25, 0.3) is 0 Å². The Morgan fingerprint density at radius 1 is 1.20 bits per heavy atom. The number of aliphatic hydroxyl groups excluding tert-OH is 1. The third-order valence-electron chi connectivity index (χ3n) is 2.17. The quantitative estimate of drug-likeness (QED) is 0.782. The number of hydrogen-bond donors (Lipinski definition) is 1. The number of aliphatic hydroxyl groups is 1. The number of methoxy groups -OCH3 is 2. The van der Waals surface area contributed by atoms with E-state index in [4.69, 9.17) is 14.6 Å². The second-order valence-electron chi connectivity index (χ2n) is 2.99. The Kier molecular flexibility index (Phi) is 4.78. The molecule has 0 fully saturated rings. The van der Waals surface area contributed by atoms with Crippen LogP contribution in [0.3, 0.4) is 0 Å². The maximum Gasteiger partial charge on any atom is 0.161 e. The van der Waals surface area contributed by atoms with Crippen molar-refractivity contribution in [3.05, 3.63) is 17.7 Å². The Morgan fingerprint density at radius 2 is 1.80 bits per heavy atom. The minimum Gasteiger partial charge on any atom is -0.493 e. The van der Waals surface area contributed by atoms with Crippen molar-refractivity contribution in [3.63, 3.8) is 0 Å². The molecule has 84 valence electrons. The van der Waals surface area contributed by atoms with Crippen LogP contribution in [0, 0.1) is 0 Å². The number of hydrogen-bond acceptors (Lipinski definition) is 4. The summed E-state index contributed by atoms with van der Waals surface area (Å²) in [6.45, 7) is 0.142. The molecule has 0 aliphatic heterocycles. The highest BCUT2D eigenvalue weighted by Gasteiger charge is 2.09. The molecule has 0 unspecified atom stereocenters. The molecule has 1 rings (SSSR count). The van der Waals surface area contributed by atoms with Crippen LogP contribution in [0.15, 0.2) is 17.0 Å². The predicted octanol–water partition coefficient (Wildman–Crippen LogP) is 1.96. The number of thioether (sulfide) groups is 1. The second-order valence-corrected chi connectivity index (χ2v) is 3.84. The molecule has 0 heterocycles. The van der Waals surface area contributed by atoms with E-state index in [-0.39, 0.29) is 6.61 Å². The van der Waals surface area contributed by atoms with Gasteiger partial charge in [-0.1, -0.05) is 0 Å². The van der Waals surface area contributed by atoms with Gasteiger partial charge in [-0.15, -0.1) is 11.8 Å². The van der Waals surface area contributed by atoms with Gasteiger partial charge >= 0.3 is 0 Å². The van der Waals surface area contributed by atoms with Gasteiger partial charge in [0, 0.05) is 11.5 Å². The normalized spacial score (nSPS) is 10.1. The van der Waals surface area contributed by atoms with E-state index in [1.165, 1.54) is 0 Å². The van der Waals surface area contributed by atoms with Crippen molar-refractivity contribution in [2.24, 2.45) is 0 Å². The largest absolute Gasteiger partial charge is 0.493 e. The van der Waals surface area contributed by atoms with Gasteiger partial charge < -0.3 is 14.6 Å². The summed E-state index contributed by atoms with van der Waals surface area (Å²) in [5, 5.41) is 8.95. The summed E-state index contributed by atoms with van der Waals surface area (Å²) in [5.41, 5.74) is 1.09. The first-order valence-electron chi connectivity index (χ1n) is 4.66. The lowest BCUT2D eigenvalue weighted by Crippen LogP contribution is -1.97. The number of benzene rings is 1. The average molecular weight is 228 g/mol. The SMILES string of the molecule is COc1cc(CCO)c(SC)cc1OC. The smallest absolute Gasteiger partial charge is 0.161 e. The standard InChI is InChI=1S/C11H16O3S/c1-13-9-6-8(4-5-12)11(15-3)7-10(9)14-2/h6-7,12H,4-5H2,1-3H3. The maximum absolute atomic E-state index is 8.95. The van der Waals surface area contributed by atoms with E-state index < -0.39 is 0 Å². The van der Waals surface area contributed by atoms with Crippen molar-refractivity contribution < 1.29 is 14.6 Å². The van der Waals surface area contributed by atoms with E-state index in [1.807, 2.05) is 18.4 Å². The minimum absolute atomic E-state index is 0.142. The highest BCUT2D eigenvalue weighted by Crippen LogP contribution is 2.34. The Bertz CT molecular complexity index is 326. The molecule has 4 heteroatoms. The molecular weight excluding hydrogens is 212 g/mol. The zero-order valence-electron chi connectivity index (χ0n) is 9.24. The molecule has 15 heavy (non-hydrogen) atoms. The molecule has 0 aromatic heterocycles. The van der Waals surface area contributed by atoms with Crippen molar-refractivity contribution in [2.45, 2.75) is 11.3 Å². The topological polar surface area (TPSA) is 38.7 Å². The van der Waals surface area contributed by atoms with E-state index >= 15 is 0 Å². The Balaban J connectivity index is 3.15. The van der Waals surface area contributed by atoms with Gasteiger partial charge in [-0.2, -0.15) is 0 Å². The molecule has 0 saturated heterocycles. The number of rotatable bonds is 5. The molecule has 0 saturated carbocycles. The molecule has 0 spiro atoms.